The molecule has 0 aromatic carbocycles. The van der Waals surface area contributed by atoms with E-state index in [9.17, 15) is 4.79 Å². The van der Waals surface area contributed by atoms with Gasteiger partial charge in [0.15, 0.2) is 0 Å². The van der Waals surface area contributed by atoms with Crippen molar-refractivity contribution >= 4 is 23.1 Å². The Hall–Kier alpha value is -0.680. The molecule has 4 nitrogen and oxygen atoms in total. The summed E-state index contributed by atoms with van der Waals surface area (Å²) in [6.45, 7) is 7.88. The monoisotopic (exact) mass is 269 g/mol. The molecule has 2 aliphatic heterocycles. The maximum Gasteiger partial charge on any atom is 0.232 e. The third-order valence-corrected chi connectivity index (χ3v) is 4.39. The number of fused-ring (bicyclic) bond motifs is 1. The molecule has 102 valence electrons. The molecule has 2 fully saturated rings. The van der Waals surface area contributed by atoms with Crippen LogP contribution in [0.3, 0.4) is 0 Å². The largest absolute Gasteiger partial charge is 0.393 e. The highest BCUT2D eigenvalue weighted by Crippen LogP contribution is 2.24. The SMILES string of the molecule is CC(C)C(C(=O)N1CCN2CCCC2C1)C(N)=S. The number of hydrogen-bond donors (Lipinski definition) is 1. The number of rotatable bonds is 3. The lowest BCUT2D eigenvalue weighted by Gasteiger charge is -2.39. The standard InChI is InChI=1S/C13H23N3OS/c1-9(2)11(12(14)18)13(17)16-7-6-15-5-3-4-10(15)8-16/h9-11H,3-8H2,1-2H3,(H2,14,18). The first-order valence-corrected chi connectivity index (χ1v) is 7.23. The Morgan fingerprint density at radius 1 is 1.33 bits per heavy atom. The Labute approximate surface area is 114 Å². The minimum atomic E-state index is -0.298. The van der Waals surface area contributed by atoms with Gasteiger partial charge in [0.25, 0.3) is 0 Å². The van der Waals surface area contributed by atoms with Gasteiger partial charge in [-0.15, -0.1) is 0 Å². The van der Waals surface area contributed by atoms with Gasteiger partial charge in [0, 0.05) is 25.7 Å². The van der Waals surface area contributed by atoms with Crippen LogP contribution < -0.4 is 5.73 Å². The predicted octanol–water partition coefficient (Wildman–Crippen LogP) is 0.851. The summed E-state index contributed by atoms with van der Waals surface area (Å²) in [6, 6.07) is 0.557. The molecule has 0 aliphatic carbocycles. The fourth-order valence-corrected chi connectivity index (χ4v) is 3.50. The summed E-state index contributed by atoms with van der Waals surface area (Å²) in [6.07, 6.45) is 2.47. The van der Waals surface area contributed by atoms with Crippen LogP contribution in [0.5, 0.6) is 0 Å². The van der Waals surface area contributed by atoms with Gasteiger partial charge in [0.2, 0.25) is 5.91 Å². The van der Waals surface area contributed by atoms with Crippen LogP contribution in [-0.2, 0) is 4.79 Å². The van der Waals surface area contributed by atoms with Gasteiger partial charge in [-0.2, -0.15) is 0 Å². The summed E-state index contributed by atoms with van der Waals surface area (Å²) in [5, 5.41) is 0. The normalized spacial score (nSPS) is 26.2. The average molecular weight is 269 g/mol. The zero-order chi connectivity index (χ0) is 13.3. The van der Waals surface area contributed by atoms with Crippen molar-refractivity contribution in [1.29, 1.82) is 0 Å². The molecular weight excluding hydrogens is 246 g/mol. The minimum Gasteiger partial charge on any atom is -0.393 e. The van der Waals surface area contributed by atoms with Gasteiger partial charge in [-0.05, 0) is 25.3 Å². The van der Waals surface area contributed by atoms with Crippen molar-refractivity contribution in [3.05, 3.63) is 0 Å². The molecule has 1 amide bonds. The van der Waals surface area contributed by atoms with Gasteiger partial charge in [-0.3, -0.25) is 9.69 Å². The number of amides is 1. The van der Waals surface area contributed by atoms with Crippen LogP contribution >= 0.6 is 12.2 Å². The lowest BCUT2D eigenvalue weighted by molar-refractivity contribution is -0.137. The molecule has 0 aromatic heterocycles. The van der Waals surface area contributed by atoms with E-state index in [2.05, 4.69) is 4.90 Å². The number of thiocarbonyl (C=S) groups is 1. The Bertz CT molecular complexity index is 345. The van der Waals surface area contributed by atoms with E-state index in [1.54, 1.807) is 0 Å². The number of nitrogens with zero attached hydrogens (tertiary/aromatic N) is 2. The van der Waals surface area contributed by atoms with Gasteiger partial charge in [0.1, 0.15) is 0 Å². The predicted molar refractivity (Wildman–Crippen MR) is 76.3 cm³/mol. The van der Waals surface area contributed by atoms with Gasteiger partial charge in [-0.1, -0.05) is 26.1 Å². The van der Waals surface area contributed by atoms with Crippen molar-refractivity contribution in [2.24, 2.45) is 17.6 Å². The fourth-order valence-electron chi connectivity index (χ4n) is 3.12. The van der Waals surface area contributed by atoms with Crippen molar-refractivity contribution in [1.82, 2.24) is 9.80 Å². The number of piperazine rings is 1. The molecular formula is C13H23N3OS. The van der Waals surface area contributed by atoms with Crippen molar-refractivity contribution < 1.29 is 4.79 Å². The second kappa shape index (κ2) is 5.53. The summed E-state index contributed by atoms with van der Waals surface area (Å²) in [4.78, 5) is 17.3. The third-order valence-electron chi connectivity index (χ3n) is 4.14. The molecule has 2 unspecified atom stereocenters. The van der Waals surface area contributed by atoms with E-state index in [-0.39, 0.29) is 17.7 Å². The van der Waals surface area contributed by atoms with E-state index in [1.165, 1.54) is 19.4 Å². The second-order valence-corrected chi connectivity index (χ2v) is 6.21. The highest BCUT2D eigenvalue weighted by atomic mass is 32.1. The molecule has 2 aliphatic rings. The highest BCUT2D eigenvalue weighted by Gasteiger charge is 2.36. The van der Waals surface area contributed by atoms with Crippen LogP contribution in [0.4, 0.5) is 0 Å². The van der Waals surface area contributed by atoms with Crippen LogP contribution in [0.15, 0.2) is 0 Å². The van der Waals surface area contributed by atoms with Crippen LogP contribution in [0.25, 0.3) is 0 Å². The molecule has 2 N–H and O–H groups in total. The number of carbonyl (C=O) groups is 1. The fraction of sp³-hybridized carbons (Fsp3) is 0.846. The van der Waals surface area contributed by atoms with Crippen molar-refractivity contribution in [3.8, 4) is 0 Å². The Kier molecular flexibility index (Phi) is 4.22. The lowest BCUT2D eigenvalue weighted by Crippen LogP contribution is -2.55. The molecule has 2 rings (SSSR count). The first kappa shape index (κ1) is 13.7. The summed E-state index contributed by atoms with van der Waals surface area (Å²) < 4.78 is 0. The average Bonchev–Trinajstić information content (AvgIpc) is 2.74. The Morgan fingerprint density at radius 3 is 2.67 bits per heavy atom. The Balaban J connectivity index is 2.02. The van der Waals surface area contributed by atoms with Crippen molar-refractivity contribution in [2.45, 2.75) is 32.7 Å². The van der Waals surface area contributed by atoms with E-state index in [4.69, 9.17) is 18.0 Å². The van der Waals surface area contributed by atoms with E-state index in [1.807, 2.05) is 18.7 Å². The molecule has 2 heterocycles. The molecule has 18 heavy (non-hydrogen) atoms. The first-order valence-electron chi connectivity index (χ1n) is 6.83. The van der Waals surface area contributed by atoms with Crippen molar-refractivity contribution in [2.75, 3.05) is 26.2 Å². The molecule has 0 bridgehead atoms. The van der Waals surface area contributed by atoms with Crippen LogP contribution in [0.1, 0.15) is 26.7 Å². The van der Waals surface area contributed by atoms with Crippen molar-refractivity contribution in [3.63, 3.8) is 0 Å². The highest BCUT2D eigenvalue weighted by molar-refractivity contribution is 7.80. The number of carbonyl (C=O) groups excluding carboxylic acids is 1. The van der Waals surface area contributed by atoms with E-state index in [0.717, 1.165) is 19.6 Å². The summed E-state index contributed by atoms with van der Waals surface area (Å²) in [5.41, 5.74) is 5.73. The van der Waals surface area contributed by atoms with Gasteiger partial charge < -0.3 is 10.6 Å². The molecule has 0 aromatic rings. The molecule has 2 atom stereocenters. The zero-order valence-corrected chi connectivity index (χ0v) is 12.1. The summed E-state index contributed by atoms with van der Waals surface area (Å²) in [5.74, 6) is 0.00797. The topological polar surface area (TPSA) is 49.6 Å². The number of hydrogen-bond acceptors (Lipinski definition) is 3. The van der Waals surface area contributed by atoms with Crippen LogP contribution in [-0.4, -0.2) is 52.9 Å². The van der Waals surface area contributed by atoms with Crippen LogP contribution in [0, 0.1) is 11.8 Å². The number of nitrogens with two attached hydrogens (primary N) is 1. The summed E-state index contributed by atoms with van der Waals surface area (Å²) >= 11 is 5.05. The van der Waals surface area contributed by atoms with Gasteiger partial charge in [0.05, 0.1) is 10.9 Å². The quantitative estimate of drug-likeness (QED) is 0.772. The maximum atomic E-state index is 12.5. The van der Waals surface area contributed by atoms with E-state index in [0.29, 0.717) is 11.0 Å². The minimum absolute atomic E-state index is 0.129. The smallest absolute Gasteiger partial charge is 0.232 e. The third kappa shape index (κ3) is 2.67. The van der Waals surface area contributed by atoms with Gasteiger partial charge >= 0.3 is 0 Å². The first-order chi connectivity index (χ1) is 8.50. The maximum absolute atomic E-state index is 12.5. The van der Waals surface area contributed by atoms with Crippen LogP contribution in [0.2, 0.25) is 0 Å². The Morgan fingerprint density at radius 2 is 2.06 bits per heavy atom. The second-order valence-electron chi connectivity index (χ2n) is 5.74. The zero-order valence-electron chi connectivity index (χ0n) is 11.3. The molecule has 0 spiro atoms. The molecule has 0 saturated carbocycles. The van der Waals surface area contributed by atoms with E-state index < -0.39 is 0 Å². The van der Waals surface area contributed by atoms with E-state index >= 15 is 0 Å². The molecule has 0 radical (unpaired) electrons. The summed E-state index contributed by atoms with van der Waals surface area (Å²) in [7, 11) is 0. The van der Waals surface area contributed by atoms with Gasteiger partial charge in [-0.25, -0.2) is 0 Å². The lowest BCUT2D eigenvalue weighted by atomic mass is 9.93. The molecule has 2 saturated heterocycles. The molecule has 5 heteroatoms.